The van der Waals surface area contributed by atoms with Crippen molar-refractivity contribution < 1.29 is 0 Å². The molecule has 29 heavy (non-hydrogen) atoms. The van der Waals surface area contributed by atoms with Crippen LogP contribution in [-0.4, -0.2) is 19.6 Å². The van der Waals surface area contributed by atoms with Gasteiger partial charge in [-0.05, 0) is 54.5 Å². The molecule has 3 atom stereocenters. The van der Waals surface area contributed by atoms with E-state index < -0.39 is 0 Å². The van der Waals surface area contributed by atoms with Gasteiger partial charge in [0.2, 0.25) is 0 Å². The van der Waals surface area contributed by atoms with Crippen molar-refractivity contribution in [1.82, 2.24) is 10.6 Å². The third kappa shape index (κ3) is 6.28. The van der Waals surface area contributed by atoms with Crippen molar-refractivity contribution in [3.63, 3.8) is 0 Å². The summed E-state index contributed by atoms with van der Waals surface area (Å²) in [6.07, 6.45) is 9.97. The van der Waals surface area contributed by atoms with E-state index in [9.17, 15) is 0 Å². The maximum atomic E-state index is 4.14. The highest BCUT2D eigenvalue weighted by Crippen LogP contribution is 2.27. The summed E-state index contributed by atoms with van der Waals surface area (Å²) in [4.78, 5) is 0. The molecule has 1 aliphatic rings. The fourth-order valence-electron chi connectivity index (χ4n) is 4.07. The standard InChI is InChI=1S/C27H34N2/c1-4-26(19-24-16-15-21(2)17-25(24)20-28-3)29-27(23-13-9-6-10-14-23)18-22-11-7-5-8-12-22/h4-14,16-17,21,26-29H,1,15,18-20H2,2-3H3. The smallest absolute Gasteiger partial charge is 0.0366 e. The predicted molar refractivity (Wildman–Crippen MR) is 125 cm³/mol. The first-order valence-electron chi connectivity index (χ1n) is 10.7. The van der Waals surface area contributed by atoms with Crippen LogP contribution in [0.5, 0.6) is 0 Å². The minimum absolute atomic E-state index is 0.226. The topological polar surface area (TPSA) is 24.1 Å². The molecule has 1 aliphatic carbocycles. The summed E-state index contributed by atoms with van der Waals surface area (Å²) in [5.41, 5.74) is 5.54. The Balaban J connectivity index is 1.76. The summed E-state index contributed by atoms with van der Waals surface area (Å²) in [5.74, 6) is 0.618. The van der Waals surface area contributed by atoms with Crippen LogP contribution < -0.4 is 10.6 Å². The van der Waals surface area contributed by atoms with Crippen LogP contribution in [0.25, 0.3) is 0 Å². The van der Waals surface area contributed by atoms with Crippen LogP contribution in [0, 0.1) is 5.92 Å². The first-order chi connectivity index (χ1) is 14.2. The molecule has 0 bridgehead atoms. The summed E-state index contributed by atoms with van der Waals surface area (Å²) < 4.78 is 0. The van der Waals surface area contributed by atoms with E-state index in [2.05, 4.69) is 103 Å². The van der Waals surface area contributed by atoms with Gasteiger partial charge in [0.1, 0.15) is 0 Å². The van der Waals surface area contributed by atoms with Crippen molar-refractivity contribution in [2.75, 3.05) is 13.6 Å². The summed E-state index contributed by atoms with van der Waals surface area (Å²) in [6, 6.07) is 22.0. The lowest BCUT2D eigenvalue weighted by molar-refractivity contribution is 0.476. The zero-order chi connectivity index (χ0) is 20.5. The quantitative estimate of drug-likeness (QED) is 0.518. The third-order valence-electron chi connectivity index (χ3n) is 5.63. The van der Waals surface area contributed by atoms with Crippen LogP contribution in [0.4, 0.5) is 0 Å². The predicted octanol–water partition coefficient (Wildman–Crippen LogP) is 5.62. The van der Waals surface area contributed by atoms with Gasteiger partial charge in [-0.25, -0.2) is 0 Å². The molecule has 2 N–H and O–H groups in total. The molecule has 0 aromatic heterocycles. The lowest BCUT2D eigenvalue weighted by atomic mass is 9.87. The van der Waals surface area contributed by atoms with Gasteiger partial charge in [-0.3, -0.25) is 0 Å². The van der Waals surface area contributed by atoms with E-state index in [-0.39, 0.29) is 12.1 Å². The Kier molecular flexibility index (Phi) is 8.03. The summed E-state index contributed by atoms with van der Waals surface area (Å²) in [6.45, 7) is 7.35. The number of hydrogen-bond donors (Lipinski definition) is 2. The maximum Gasteiger partial charge on any atom is 0.0366 e. The van der Waals surface area contributed by atoms with Gasteiger partial charge in [0.15, 0.2) is 0 Å². The van der Waals surface area contributed by atoms with Crippen LogP contribution in [0.15, 0.2) is 96.6 Å². The van der Waals surface area contributed by atoms with Gasteiger partial charge in [-0.15, -0.1) is 6.58 Å². The van der Waals surface area contributed by atoms with E-state index in [0.29, 0.717) is 5.92 Å². The zero-order valence-electron chi connectivity index (χ0n) is 17.8. The summed E-state index contributed by atoms with van der Waals surface area (Å²) in [7, 11) is 2.02. The van der Waals surface area contributed by atoms with Crippen molar-refractivity contribution in [1.29, 1.82) is 0 Å². The largest absolute Gasteiger partial charge is 0.316 e. The van der Waals surface area contributed by atoms with E-state index in [1.807, 2.05) is 7.05 Å². The van der Waals surface area contributed by atoms with Crippen molar-refractivity contribution >= 4 is 0 Å². The average Bonchev–Trinajstić information content (AvgIpc) is 2.76. The highest BCUT2D eigenvalue weighted by Gasteiger charge is 2.19. The Morgan fingerprint density at radius 3 is 2.34 bits per heavy atom. The molecule has 2 aromatic carbocycles. The molecule has 0 spiro atoms. The maximum absolute atomic E-state index is 4.14. The van der Waals surface area contributed by atoms with Gasteiger partial charge < -0.3 is 10.6 Å². The second-order valence-corrected chi connectivity index (χ2v) is 8.03. The highest BCUT2D eigenvalue weighted by atomic mass is 14.9. The molecular formula is C27H34N2. The number of likely N-dealkylation sites (N-methyl/N-ethyl adjacent to an activating group) is 1. The lowest BCUT2D eigenvalue weighted by Crippen LogP contribution is -2.33. The molecule has 0 heterocycles. The fraction of sp³-hybridized carbons (Fsp3) is 0.333. The molecule has 0 saturated heterocycles. The van der Waals surface area contributed by atoms with Gasteiger partial charge in [0, 0.05) is 18.6 Å². The van der Waals surface area contributed by atoms with Gasteiger partial charge in [0.05, 0.1) is 0 Å². The van der Waals surface area contributed by atoms with Crippen molar-refractivity contribution in [3.05, 3.63) is 108 Å². The van der Waals surface area contributed by atoms with Gasteiger partial charge >= 0.3 is 0 Å². The Morgan fingerprint density at radius 1 is 1.00 bits per heavy atom. The summed E-state index contributed by atoms with van der Waals surface area (Å²) >= 11 is 0. The average molecular weight is 387 g/mol. The van der Waals surface area contributed by atoms with E-state index in [1.54, 1.807) is 0 Å². The third-order valence-corrected chi connectivity index (χ3v) is 5.63. The van der Waals surface area contributed by atoms with Gasteiger partial charge in [-0.2, -0.15) is 0 Å². The van der Waals surface area contributed by atoms with Crippen molar-refractivity contribution in [2.24, 2.45) is 5.92 Å². The van der Waals surface area contributed by atoms with Crippen molar-refractivity contribution in [2.45, 2.75) is 38.3 Å². The zero-order valence-corrected chi connectivity index (χ0v) is 17.8. The Hall–Kier alpha value is -2.42. The van der Waals surface area contributed by atoms with Crippen molar-refractivity contribution in [3.8, 4) is 0 Å². The van der Waals surface area contributed by atoms with Crippen LogP contribution >= 0.6 is 0 Å². The molecule has 152 valence electrons. The SMILES string of the molecule is C=CC(CC1=CCC(C)C=C1CNC)NC(Cc1ccccc1)c1ccccc1. The monoisotopic (exact) mass is 386 g/mol. The highest BCUT2D eigenvalue weighted by molar-refractivity contribution is 5.37. The number of rotatable bonds is 10. The number of nitrogens with one attached hydrogen (secondary N) is 2. The Morgan fingerprint density at radius 2 is 1.69 bits per heavy atom. The summed E-state index contributed by atoms with van der Waals surface area (Å²) in [5, 5.41) is 7.21. The molecule has 3 rings (SSSR count). The molecular weight excluding hydrogens is 352 g/mol. The van der Waals surface area contributed by atoms with E-state index in [0.717, 1.165) is 25.8 Å². The molecule has 3 unspecified atom stereocenters. The lowest BCUT2D eigenvalue weighted by Gasteiger charge is -2.27. The number of benzene rings is 2. The minimum atomic E-state index is 0.226. The Bertz CT molecular complexity index is 820. The number of hydrogen-bond acceptors (Lipinski definition) is 2. The van der Waals surface area contributed by atoms with E-state index in [4.69, 9.17) is 0 Å². The fourth-order valence-corrected chi connectivity index (χ4v) is 4.07. The normalized spacial score (nSPS) is 18.5. The minimum Gasteiger partial charge on any atom is -0.316 e. The van der Waals surface area contributed by atoms with Crippen LogP contribution in [0.2, 0.25) is 0 Å². The van der Waals surface area contributed by atoms with Gasteiger partial charge in [0.25, 0.3) is 0 Å². The molecule has 0 fully saturated rings. The first-order valence-corrected chi connectivity index (χ1v) is 10.7. The second-order valence-electron chi connectivity index (χ2n) is 8.03. The van der Waals surface area contributed by atoms with E-state index >= 15 is 0 Å². The Labute approximate surface area is 176 Å². The first kappa shape index (κ1) is 21.3. The molecule has 0 aliphatic heterocycles. The second kappa shape index (κ2) is 10.9. The molecule has 0 saturated carbocycles. The molecule has 2 heteroatoms. The molecule has 0 amide bonds. The molecule has 2 aromatic rings. The molecule has 2 nitrogen and oxygen atoms in total. The van der Waals surface area contributed by atoms with Crippen LogP contribution in [0.3, 0.4) is 0 Å². The van der Waals surface area contributed by atoms with Crippen LogP contribution in [-0.2, 0) is 6.42 Å². The van der Waals surface area contributed by atoms with Gasteiger partial charge in [-0.1, -0.05) is 85.8 Å². The number of allylic oxidation sites excluding steroid dienone is 2. The van der Waals surface area contributed by atoms with E-state index in [1.165, 1.54) is 22.3 Å². The van der Waals surface area contributed by atoms with Crippen LogP contribution in [0.1, 0.15) is 36.9 Å². The molecule has 0 radical (unpaired) electrons.